The largest absolute Gasteiger partial charge is 0.368 e. The number of hydrogen-bond donors (Lipinski definition) is 1. The van der Waals surface area contributed by atoms with Crippen LogP contribution in [0.3, 0.4) is 0 Å². The van der Waals surface area contributed by atoms with Crippen LogP contribution in [-0.2, 0) is 0 Å². The monoisotopic (exact) mass is 256 g/mol. The van der Waals surface area contributed by atoms with E-state index in [1.54, 1.807) is 0 Å². The summed E-state index contributed by atoms with van der Waals surface area (Å²) in [5.74, 6) is 0.745. The van der Waals surface area contributed by atoms with Gasteiger partial charge < -0.3 is 15.5 Å². The third-order valence-corrected chi connectivity index (χ3v) is 3.09. The number of rotatable bonds is 1. The van der Waals surface area contributed by atoms with Gasteiger partial charge >= 0.3 is 0 Å². The maximum atomic E-state index is 5.81. The van der Waals surface area contributed by atoms with Crippen molar-refractivity contribution in [2.75, 3.05) is 37.3 Å². The van der Waals surface area contributed by atoms with Crippen molar-refractivity contribution in [2.45, 2.75) is 19.4 Å². The van der Waals surface area contributed by atoms with Crippen molar-refractivity contribution in [3.63, 3.8) is 0 Å². The second-order valence-electron chi connectivity index (χ2n) is 4.42. The SMILES string of the molecule is CC1CN(C)CCCN1c1nc(N)nc(Cl)n1. The van der Waals surface area contributed by atoms with E-state index >= 15 is 0 Å². The van der Waals surface area contributed by atoms with E-state index in [0.29, 0.717) is 12.0 Å². The Labute approximate surface area is 106 Å². The molecule has 0 aromatic carbocycles. The number of aromatic nitrogens is 3. The van der Waals surface area contributed by atoms with E-state index in [0.717, 1.165) is 26.1 Å². The van der Waals surface area contributed by atoms with Crippen molar-refractivity contribution < 1.29 is 0 Å². The Morgan fingerprint density at radius 1 is 1.29 bits per heavy atom. The fraction of sp³-hybridized carbons (Fsp3) is 0.700. The van der Waals surface area contributed by atoms with E-state index in [2.05, 4.69) is 38.7 Å². The number of likely N-dealkylation sites (N-methyl/N-ethyl adjacent to an activating group) is 1. The second kappa shape index (κ2) is 5.01. The van der Waals surface area contributed by atoms with Crippen molar-refractivity contribution in [1.82, 2.24) is 19.9 Å². The van der Waals surface area contributed by atoms with Gasteiger partial charge in [0.05, 0.1) is 0 Å². The lowest BCUT2D eigenvalue weighted by Gasteiger charge is -2.27. The number of anilines is 2. The molecule has 1 unspecified atom stereocenters. The lowest BCUT2D eigenvalue weighted by molar-refractivity contribution is 0.337. The molecular formula is C10H17ClN6. The zero-order valence-electron chi connectivity index (χ0n) is 10.1. The number of nitrogen functional groups attached to an aromatic ring is 1. The van der Waals surface area contributed by atoms with Crippen molar-refractivity contribution in [3.05, 3.63) is 5.28 Å². The number of hydrogen-bond acceptors (Lipinski definition) is 6. The summed E-state index contributed by atoms with van der Waals surface area (Å²) < 4.78 is 0. The molecule has 0 amide bonds. The molecule has 2 N–H and O–H groups in total. The zero-order valence-corrected chi connectivity index (χ0v) is 10.9. The van der Waals surface area contributed by atoms with Gasteiger partial charge in [-0.1, -0.05) is 0 Å². The Morgan fingerprint density at radius 3 is 2.76 bits per heavy atom. The highest BCUT2D eigenvalue weighted by atomic mass is 35.5. The molecule has 0 bridgehead atoms. The molecule has 0 radical (unpaired) electrons. The molecule has 0 spiro atoms. The van der Waals surface area contributed by atoms with Gasteiger partial charge in [0, 0.05) is 19.1 Å². The van der Waals surface area contributed by atoms with Crippen LogP contribution in [0.5, 0.6) is 0 Å². The van der Waals surface area contributed by atoms with Gasteiger partial charge in [-0.05, 0) is 38.5 Å². The summed E-state index contributed by atoms with van der Waals surface area (Å²) in [4.78, 5) is 16.5. The first-order valence-electron chi connectivity index (χ1n) is 5.68. The van der Waals surface area contributed by atoms with Gasteiger partial charge in [0.15, 0.2) is 0 Å². The minimum absolute atomic E-state index is 0.150. The molecule has 1 saturated heterocycles. The van der Waals surface area contributed by atoms with Crippen LogP contribution < -0.4 is 10.6 Å². The molecule has 1 fully saturated rings. The summed E-state index contributed by atoms with van der Waals surface area (Å²) >= 11 is 5.81. The molecule has 1 aliphatic rings. The molecule has 17 heavy (non-hydrogen) atoms. The first kappa shape index (κ1) is 12.3. The summed E-state index contributed by atoms with van der Waals surface area (Å²) in [5.41, 5.74) is 5.59. The minimum atomic E-state index is 0.150. The Hall–Kier alpha value is -1.14. The Balaban J connectivity index is 2.25. The van der Waals surface area contributed by atoms with Crippen LogP contribution in [0, 0.1) is 0 Å². The van der Waals surface area contributed by atoms with Crippen LogP contribution in [0.25, 0.3) is 0 Å². The molecule has 1 atom stereocenters. The van der Waals surface area contributed by atoms with Crippen LogP contribution in [0.15, 0.2) is 0 Å². The fourth-order valence-corrected chi connectivity index (χ4v) is 2.31. The third kappa shape index (κ3) is 2.95. The normalized spacial score (nSPS) is 22.5. The Kier molecular flexibility index (Phi) is 3.63. The van der Waals surface area contributed by atoms with E-state index < -0.39 is 0 Å². The summed E-state index contributed by atoms with van der Waals surface area (Å²) in [7, 11) is 2.12. The average molecular weight is 257 g/mol. The molecule has 2 heterocycles. The second-order valence-corrected chi connectivity index (χ2v) is 4.76. The molecule has 2 rings (SSSR count). The summed E-state index contributed by atoms with van der Waals surface area (Å²) in [6, 6.07) is 0.334. The molecule has 0 saturated carbocycles. The van der Waals surface area contributed by atoms with Crippen molar-refractivity contribution in [3.8, 4) is 0 Å². The summed E-state index contributed by atoms with van der Waals surface area (Å²) in [6.07, 6.45) is 1.07. The standard InChI is InChI=1S/C10H17ClN6/c1-7-6-16(2)4-3-5-17(7)10-14-8(11)13-9(12)15-10/h7H,3-6H2,1-2H3,(H2,12,13,14,15). The van der Waals surface area contributed by atoms with Crippen LogP contribution >= 0.6 is 11.6 Å². The maximum absolute atomic E-state index is 5.81. The average Bonchev–Trinajstić information content (AvgIpc) is 2.37. The number of halogens is 1. The third-order valence-electron chi connectivity index (χ3n) is 2.92. The molecule has 1 aromatic rings. The quantitative estimate of drug-likeness (QED) is 0.795. The smallest absolute Gasteiger partial charge is 0.231 e. The van der Waals surface area contributed by atoms with Gasteiger partial charge in [-0.2, -0.15) is 15.0 Å². The minimum Gasteiger partial charge on any atom is -0.368 e. The summed E-state index contributed by atoms with van der Waals surface area (Å²) in [5, 5.41) is 0.150. The number of nitrogens with zero attached hydrogens (tertiary/aromatic N) is 5. The Morgan fingerprint density at radius 2 is 2.06 bits per heavy atom. The van der Waals surface area contributed by atoms with Gasteiger partial charge in [-0.15, -0.1) is 0 Å². The topological polar surface area (TPSA) is 71.2 Å². The lowest BCUT2D eigenvalue weighted by atomic mass is 10.3. The van der Waals surface area contributed by atoms with E-state index in [4.69, 9.17) is 17.3 Å². The van der Waals surface area contributed by atoms with E-state index in [-0.39, 0.29) is 11.2 Å². The van der Waals surface area contributed by atoms with Gasteiger partial charge in [0.2, 0.25) is 17.2 Å². The molecule has 1 aliphatic heterocycles. The molecule has 1 aromatic heterocycles. The van der Waals surface area contributed by atoms with Gasteiger partial charge in [0.1, 0.15) is 0 Å². The van der Waals surface area contributed by atoms with Crippen LogP contribution in [-0.4, -0.2) is 52.6 Å². The molecule has 94 valence electrons. The predicted molar refractivity (Wildman–Crippen MR) is 68.2 cm³/mol. The van der Waals surface area contributed by atoms with Crippen LogP contribution in [0.1, 0.15) is 13.3 Å². The van der Waals surface area contributed by atoms with E-state index in [1.807, 2.05) is 0 Å². The van der Waals surface area contributed by atoms with Gasteiger partial charge in [-0.25, -0.2) is 0 Å². The zero-order chi connectivity index (χ0) is 12.4. The predicted octanol–water partition coefficient (Wildman–Crippen LogP) is 0.638. The first-order valence-corrected chi connectivity index (χ1v) is 6.06. The lowest BCUT2D eigenvalue weighted by Crippen LogP contribution is -2.39. The van der Waals surface area contributed by atoms with Gasteiger partial charge in [-0.3, -0.25) is 0 Å². The fourth-order valence-electron chi connectivity index (χ4n) is 2.15. The van der Waals surface area contributed by atoms with E-state index in [9.17, 15) is 0 Å². The van der Waals surface area contributed by atoms with Crippen LogP contribution in [0.2, 0.25) is 5.28 Å². The van der Waals surface area contributed by atoms with Crippen molar-refractivity contribution >= 4 is 23.5 Å². The van der Waals surface area contributed by atoms with Crippen LogP contribution in [0.4, 0.5) is 11.9 Å². The molecular weight excluding hydrogens is 240 g/mol. The van der Waals surface area contributed by atoms with Gasteiger partial charge in [0.25, 0.3) is 0 Å². The highest BCUT2D eigenvalue weighted by Gasteiger charge is 2.22. The van der Waals surface area contributed by atoms with E-state index in [1.165, 1.54) is 0 Å². The number of nitrogens with two attached hydrogens (primary N) is 1. The summed E-state index contributed by atoms with van der Waals surface area (Å²) in [6.45, 7) is 5.11. The van der Waals surface area contributed by atoms with Crippen molar-refractivity contribution in [2.24, 2.45) is 0 Å². The maximum Gasteiger partial charge on any atom is 0.231 e. The Bertz CT molecular complexity index is 378. The molecule has 6 nitrogen and oxygen atoms in total. The highest BCUT2D eigenvalue weighted by molar-refractivity contribution is 6.28. The molecule has 0 aliphatic carbocycles. The first-order chi connectivity index (χ1) is 8.06. The molecule has 7 heteroatoms. The van der Waals surface area contributed by atoms with Crippen molar-refractivity contribution in [1.29, 1.82) is 0 Å². The highest BCUT2D eigenvalue weighted by Crippen LogP contribution is 2.17.